The van der Waals surface area contributed by atoms with Crippen LogP contribution in [-0.4, -0.2) is 23.5 Å². The number of hydrogen-bond acceptors (Lipinski definition) is 3. The zero-order chi connectivity index (χ0) is 14.1. The third kappa shape index (κ3) is 6.82. The lowest BCUT2D eigenvalue weighted by Crippen LogP contribution is -2.23. The van der Waals surface area contributed by atoms with Gasteiger partial charge in [0.25, 0.3) is 0 Å². The molecule has 0 radical (unpaired) electrons. The van der Waals surface area contributed by atoms with E-state index in [-0.39, 0.29) is 5.81 Å². The molecule has 0 spiro atoms. The first-order valence-corrected chi connectivity index (χ1v) is 8.38. The van der Waals surface area contributed by atoms with Crippen molar-refractivity contribution in [2.45, 2.75) is 13.3 Å². The number of hydrogen-bond donors (Lipinski definition) is 1. The number of benzene rings is 1. The van der Waals surface area contributed by atoms with Gasteiger partial charge < -0.3 is 5.32 Å². The maximum Gasteiger partial charge on any atom is 0.307 e. The monoisotopic (exact) mass is 386 g/mol. The van der Waals surface area contributed by atoms with Crippen LogP contribution in [0.2, 0.25) is 0 Å². The molecule has 0 aliphatic heterocycles. The topological polar surface area (TPSA) is 41.5 Å². The van der Waals surface area contributed by atoms with Crippen molar-refractivity contribution >= 4 is 51.8 Å². The highest BCUT2D eigenvalue weighted by molar-refractivity contribution is 14.1. The molecule has 1 aromatic rings. The number of nitrogens with one attached hydrogen (secondary N) is 1. The van der Waals surface area contributed by atoms with Gasteiger partial charge in [-0.2, -0.15) is 0 Å². The highest BCUT2D eigenvalue weighted by Crippen LogP contribution is 2.14. The predicted octanol–water partition coefficient (Wildman–Crippen LogP) is 3.27. The van der Waals surface area contributed by atoms with Crippen LogP contribution >= 0.6 is 34.1 Å². The van der Waals surface area contributed by atoms with Gasteiger partial charge in [0.05, 0.1) is 11.6 Å². The number of carbonyl (C=O) groups excluding carboxylic acids is 1. The molecule has 1 N–H and O–H groups in total. The quantitative estimate of drug-likeness (QED) is 0.257. The molecular formula is C13H16BIN2OS. The summed E-state index contributed by atoms with van der Waals surface area (Å²) < 4.78 is 0. The number of carbonyl (C=O) groups is 1. The predicted molar refractivity (Wildman–Crippen MR) is 94.7 cm³/mol. The molecule has 1 aromatic carbocycles. The number of halogens is 1. The van der Waals surface area contributed by atoms with Crippen LogP contribution in [0.4, 0.5) is 4.79 Å². The zero-order valence-corrected chi connectivity index (χ0v) is 13.8. The summed E-state index contributed by atoms with van der Waals surface area (Å²) in [5.74, 6) is 0.614. The van der Waals surface area contributed by atoms with Gasteiger partial charge in [-0.05, 0) is 24.6 Å². The second kappa shape index (κ2) is 9.20. The summed E-state index contributed by atoms with van der Waals surface area (Å²) in [6.45, 7) is 5.66. The normalized spacial score (nSPS) is 10.9. The van der Waals surface area contributed by atoms with Crippen LogP contribution in [-0.2, 0) is 6.42 Å². The lowest BCUT2D eigenvalue weighted by molar-refractivity contribution is 0.261. The molecule has 0 aliphatic carbocycles. The van der Waals surface area contributed by atoms with Crippen LogP contribution in [0.3, 0.4) is 0 Å². The Labute approximate surface area is 132 Å². The van der Waals surface area contributed by atoms with Gasteiger partial charge in [0.1, 0.15) is 0 Å². The molecule has 0 unspecified atom stereocenters. The van der Waals surface area contributed by atoms with Crippen LogP contribution in [0.5, 0.6) is 0 Å². The van der Waals surface area contributed by atoms with E-state index in [2.05, 4.69) is 42.1 Å². The standard InChI is InChI=1S/C13H16BIN2OS/c1-10-4-3-5-11(6-10)7-12(16-2)8-19-9-17-13(18)14-15/h3-6,8,14H,2,7,9H2,1H3,(H,17,18)/b12-8-. The van der Waals surface area contributed by atoms with E-state index in [0.717, 1.165) is 12.1 Å². The molecule has 0 heterocycles. The third-order valence-electron chi connectivity index (χ3n) is 2.36. The first-order chi connectivity index (χ1) is 9.15. The molecule has 19 heavy (non-hydrogen) atoms. The summed E-state index contributed by atoms with van der Waals surface area (Å²) in [7, 11) is 0. The van der Waals surface area contributed by atoms with Crippen molar-refractivity contribution < 1.29 is 4.79 Å². The minimum atomic E-state index is 0.0493. The molecule has 0 bridgehead atoms. The van der Waals surface area contributed by atoms with E-state index in [1.165, 1.54) is 22.9 Å². The minimum Gasteiger partial charge on any atom is -0.355 e. The molecule has 0 atom stereocenters. The number of aliphatic imine (C=N–C) groups is 1. The minimum absolute atomic E-state index is 0.0493. The average molecular weight is 386 g/mol. The molecule has 0 saturated carbocycles. The summed E-state index contributed by atoms with van der Waals surface area (Å²) in [5, 5.41) is 5.23. The van der Waals surface area contributed by atoms with Gasteiger partial charge in [0, 0.05) is 6.42 Å². The number of rotatable bonds is 7. The number of nitrogens with zero attached hydrogens (tertiary/aromatic N) is 1. The molecule has 1 rings (SSSR count). The van der Waals surface area contributed by atoms with Crippen LogP contribution in [0.25, 0.3) is 0 Å². The van der Waals surface area contributed by atoms with E-state index >= 15 is 0 Å². The Hall–Kier alpha value is -0.755. The van der Waals surface area contributed by atoms with Crippen LogP contribution in [0, 0.1) is 6.92 Å². The fourth-order valence-electron chi connectivity index (χ4n) is 1.47. The van der Waals surface area contributed by atoms with Crippen molar-refractivity contribution in [1.82, 2.24) is 5.32 Å². The summed E-state index contributed by atoms with van der Waals surface area (Å²) >= 11 is 3.56. The van der Waals surface area contributed by atoms with E-state index in [9.17, 15) is 4.79 Å². The van der Waals surface area contributed by atoms with Gasteiger partial charge in [-0.15, -0.1) is 34.1 Å². The summed E-state index contributed by atoms with van der Waals surface area (Å²) in [5.41, 5.74) is 3.37. The van der Waals surface area contributed by atoms with Crippen molar-refractivity contribution in [2.24, 2.45) is 4.99 Å². The summed E-state index contributed by atoms with van der Waals surface area (Å²) in [6, 6.07) is 8.33. The highest BCUT2D eigenvalue weighted by Gasteiger charge is 2.00. The van der Waals surface area contributed by atoms with Gasteiger partial charge in [-0.3, -0.25) is 9.79 Å². The third-order valence-corrected chi connectivity index (χ3v) is 3.81. The van der Waals surface area contributed by atoms with Gasteiger partial charge in [0.15, 0.2) is 5.81 Å². The number of amides is 1. The summed E-state index contributed by atoms with van der Waals surface area (Å²) in [4.78, 5) is 15.1. The Morgan fingerprint density at radius 2 is 2.42 bits per heavy atom. The van der Waals surface area contributed by atoms with Gasteiger partial charge >= 0.3 is 5.14 Å². The Balaban J connectivity index is 2.49. The summed E-state index contributed by atoms with van der Waals surface area (Å²) in [6.07, 6.45) is 0.762. The highest BCUT2D eigenvalue weighted by atomic mass is 127. The molecule has 1 amide bonds. The lowest BCUT2D eigenvalue weighted by Gasteiger charge is -2.04. The van der Waals surface area contributed by atoms with Gasteiger partial charge in [-0.1, -0.05) is 29.8 Å². The van der Waals surface area contributed by atoms with E-state index in [1.54, 1.807) is 0 Å². The number of aryl methyl sites for hydroxylation is 1. The Morgan fingerprint density at radius 3 is 3.05 bits per heavy atom. The van der Waals surface area contributed by atoms with Crippen LogP contribution in [0.1, 0.15) is 11.1 Å². The Kier molecular flexibility index (Phi) is 7.89. The van der Waals surface area contributed by atoms with E-state index < -0.39 is 0 Å². The molecule has 0 aromatic heterocycles. The molecule has 100 valence electrons. The number of thioether (sulfide) groups is 1. The molecule has 0 aliphatic rings. The Bertz CT molecular complexity index is 479. The van der Waals surface area contributed by atoms with Crippen molar-refractivity contribution in [2.75, 3.05) is 5.88 Å². The lowest BCUT2D eigenvalue weighted by atomic mass is 10.1. The van der Waals surface area contributed by atoms with E-state index in [0.29, 0.717) is 11.0 Å². The van der Waals surface area contributed by atoms with Crippen molar-refractivity contribution in [1.29, 1.82) is 0 Å². The molecule has 6 heteroatoms. The maximum absolute atomic E-state index is 11.1. The average Bonchev–Trinajstić information content (AvgIpc) is 2.41. The fraction of sp³-hybridized carbons (Fsp3) is 0.231. The van der Waals surface area contributed by atoms with Crippen molar-refractivity contribution in [3.05, 3.63) is 46.5 Å². The molecule has 0 saturated heterocycles. The smallest absolute Gasteiger partial charge is 0.307 e. The molecule has 0 fully saturated rings. The van der Waals surface area contributed by atoms with Gasteiger partial charge in [-0.25, -0.2) is 0 Å². The van der Waals surface area contributed by atoms with Gasteiger partial charge in [0.2, 0.25) is 0 Å². The number of allylic oxidation sites excluding steroid dienone is 1. The van der Waals surface area contributed by atoms with Crippen LogP contribution < -0.4 is 5.32 Å². The second-order valence-corrected chi connectivity index (χ2v) is 5.60. The maximum atomic E-state index is 11.1. The van der Waals surface area contributed by atoms with E-state index in [1.807, 2.05) is 33.8 Å². The second-order valence-electron chi connectivity index (χ2n) is 3.98. The molecular weight excluding hydrogens is 370 g/mol. The fourth-order valence-corrected chi connectivity index (χ4v) is 2.42. The largest absolute Gasteiger partial charge is 0.355 e. The first kappa shape index (κ1) is 16.3. The van der Waals surface area contributed by atoms with Crippen molar-refractivity contribution in [3.63, 3.8) is 0 Å². The van der Waals surface area contributed by atoms with E-state index in [4.69, 9.17) is 0 Å². The zero-order valence-electron chi connectivity index (χ0n) is 10.9. The first-order valence-electron chi connectivity index (χ1n) is 5.81. The molecule has 3 nitrogen and oxygen atoms in total. The van der Waals surface area contributed by atoms with Crippen LogP contribution in [0.15, 0.2) is 40.4 Å². The van der Waals surface area contributed by atoms with Crippen molar-refractivity contribution in [3.8, 4) is 0 Å². The Morgan fingerprint density at radius 1 is 1.63 bits per heavy atom. The SMILES string of the molecule is C=N/C(=C\SCNC(=O)BI)Cc1cccc(C)c1.